The molecule has 31 heavy (non-hydrogen) atoms. The number of carbonyl (C=O) groups excluding carboxylic acids is 1. The molecule has 0 spiro atoms. The van der Waals surface area contributed by atoms with Gasteiger partial charge in [-0.05, 0) is 43.7 Å². The first-order valence-electron chi connectivity index (χ1n) is 9.31. The van der Waals surface area contributed by atoms with Crippen molar-refractivity contribution in [3.63, 3.8) is 0 Å². The quantitative estimate of drug-likeness (QED) is 0.560. The molecule has 0 saturated heterocycles. The third-order valence-electron chi connectivity index (χ3n) is 5.02. The molecule has 11 heteroatoms. The molecule has 0 unspecified atom stereocenters. The molecular formula is C20H18FN5O3S2. The van der Waals surface area contributed by atoms with Gasteiger partial charge in [0.25, 0.3) is 5.91 Å². The molecule has 1 amide bonds. The van der Waals surface area contributed by atoms with Gasteiger partial charge in [-0.1, -0.05) is 19.1 Å². The predicted molar refractivity (Wildman–Crippen MR) is 120 cm³/mol. The number of para-hydroxylation sites is 1. The van der Waals surface area contributed by atoms with Crippen molar-refractivity contribution in [1.82, 2.24) is 9.47 Å². The van der Waals surface area contributed by atoms with Crippen LogP contribution >= 0.6 is 11.9 Å². The average Bonchev–Trinajstić information content (AvgIpc) is 3.27. The van der Waals surface area contributed by atoms with Gasteiger partial charge in [0, 0.05) is 11.4 Å². The van der Waals surface area contributed by atoms with Gasteiger partial charge >= 0.3 is 0 Å². The number of benzene rings is 1. The van der Waals surface area contributed by atoms with Gasteiger partial charge in [0.15, 0.2) is 0 Å². The van der Waals surface area contributed by atoms with Crippen molar-refractivity contribution in [2.24, 2.45) is 9.39 Å². The van der Waals surface area contributed by atoms with Crippen LogP contribution in [0.2, 0.25) is 0 Å². The molecule has 1 N–H and O–H groups in total. The number of carbonyl (C=O) groups is 1. The van der Waals surface area contributed by atoms with Crippen LogP contribution in [0.1, 0.15) is 23.9 Å². The van der Waals surface area contributed by atoms with Crippen LogP contribution in [-0.2, 0) is 14.6 Å². The number of rotatable bonds is 3. The molecule has 4 rings (SSSR count). The second-order valence-electron chi connectivity index (χ2n) is 6.92. The number of hydrogen-bond acceptors (Lipinski definition) is 6. The summed E-state index contributed by atoms with van der Waals surface area (Å²) in [6, 6.07) is 8.11. The Labute approximate surface area is 182 Å². The maximum atomic E-state index is 14.3. The lowest BCUT2D eigenvalue weighted by Crippen LogP contribution is -2.45. The lowest BCUT2D eigenvalue weighted by Gasteiger charge is -2.24. The summed E-state index contributed by atoms with van der Waals surface area (Å²) in [7, 11) is -3.72. The van der Waals surface area contributed by atoms with Gasteiger partial charge in [-0.15, -0.1) is 0 Å². The largest absolute Gasteiger partial charge is 0.315 e. The zero-order chi connectivity index (χ0) is 22.5. The van der Waals surface area contributed by atoms with Crippen LogP contribution in [-0.4, -0.2) is 45.7 Å². The number of nitrogens with zero attached hydrogens (tertiary/aromatic N) is 4. The Bertz CT molecular complexity index is 1340. The van der Waals surface area contributed by atoms with Gasteiger partial charge in [-0.2, -0.15) is 9.39 Å². The second kappa shape index (κ2) is 7.57. The summed E-state index contributed by atoms with van der Waals surface area (Å²) >= 11 is 0.751. The molecule has 0 bridgehead atoms. The van der Waals surface area contributed by atoms with E-state index in [1.165, 1.54) is 19.1 Å². The fourth-order valence-electron chi connectivity index (χ4n) is 3.42. The Balaban J connectivity index is 1.80. The van der Waals surface area contributed by atoms with Crippen LogP contribution in [0, 0.1) is 25.1 Å². The highest BCUT2D eigenvalue weighted by molar-refractivity contribution is 8.16. The second-order valence-corrected chi connectivity index (χ2v) is 9.83. The molecule has 2 aliphatic heterocycles. The van der Waals surface area contributed by atoms with E-state index < -0.39 is 15.7 Å². The Hall–Kier alpha value is -3.05. The van der Waals surface area contributed by atoms with E-state index in [4.69, 9.17) is 5.41 Å². The maximum absolute atomic E-state index is 14.3. The minimum absolute atomic E-state index is 0.0380. The van der Waals surface area contributed by atoms with Crippen molar-refractivity contribution in [1.29, 1.82) is 5.41 Å². The monoisotopic (exact) mass is 459 g/mol. The maximum Gasteiger partial charge on any atom is 0.283 e. The number of nitrogens with one attached hydrogen (secondary N) is 1. The SMILES string of the molecule is CCS(=O)(=O)C1=NSC2=NC(=O)/C(=C\c3cc(C)n(-c4ccccc4F)c3C)C(=N)N21. The van der Waals surface area contributed by atoms with Gasteiger partial charge in [-0.25, -0.2) is 17.7 Å². The molecule has 1 aromatic carbocycles. The zero-order valence-corrected chi connectivity index (χ0v) is 18.5. The van der Waals surface area contributed by atoms with Crippen molar-refractivity contribution < 1.29 is 17.6 Å². The third-order valence-corrected chi connectivity index (χ3v) is 7.42. The number of aryl methyl sites for hydroxylation is 1. The summed E-state index contributed by atoms with van der Waals surface area (Å²) in [5.74, 6) is -1.56. The summed E-state index contributed by atoms with van der Waals surface area (Å²) in [6.07, 6.45) is 1.48. The summed E-state index contributed by atoms with van der Waals surface area (Å²) < 4.78 is 44.7. The lowest BCUT2D eigenvalue weighted by molar-refractivity contribution is -0.114. The normalized spacial score (nSPS) is 17.8. The zero-order valence-electron chi connectivity index (χ0n) is 16.9. The predicted octanol–water partition coefficient (Wildman–Crippen LogP) is 3.24. The van der Waals surface area contributed by atoms with Crippen LogP contribution in [0.25, 0.3) is 11.8 Å². The Morgan fingerprint density at radius 2 is 1.97 bits per heavy atom. The van der Waals surface area contributed by atoms with Gasteiger partial charge in [0.2, 0.25) is 20.2 Å². The van der Waals surface area contributed by atoms with E-state index in [2.05, 4.69) is 9.39 Å². The molecule has 1 aromatic heterocycles. The molecule has 0 radical (unpaired) electrons. The van der Waals surface area contributed by atoms with E-state index in [1.54, 1.807) is 42.7 Å². The summed E-state index contributed by atoms with van der Waals surface area (Å²) in [5.41, 5.74) is 2.29. The number of sulfone groups is 1. The topological polar surface area (TPSA) is 108 Å². The number of fused-ring (bicyclic) bond motifs is 1. The molecule has 160 valence electrons. The van der Waals surface area contributed by atoms with Crippen LogP contribution in [0.3, 0.4) is 0 Å². The molecule has 0 saturated carbocycles. The van der Waals surface area contributed by atoms with Crippen LogP contribution < -0.4 is 0 Å². The van der Waals surface area contributed by atoms with Crippen LogP contribution in [0.15, 0.2) is 45.3 Å². The number of hydrogen-bond donors (Lipinski definition) is 1. The standard InChI is InChI=1S/C20H18FN5O3S2/c1-4-31(28,29)20-24-30-19-23-18(27)14(17(22)26(19)20)10-13-9-11(2)25(12(13)3)16-8-6-5-7-15(16)21/h5-10,22H,4H2,1-3H3/b14-10-,22-17?. The fourth-order valence-corrected chi connectivity index (χ4v) is 5.38. The minimum Gasteiger partial charge on any atom is -0.315 e. The van der Waals surface area contributed by atoms with Crippen molar-refractivity contribution >= 4 is 49.9 Å². The number of amides is 1. The van der Waals surface area contributed by atoms with Crippen molar-refractivity contribution in [2.75, 3.05) is 5.75 Å². The lowest BCUT2D eigenvalue weighted by atomic mass is 10.1. The highest BCUT2D eigenvalue weighted by Crippen LogP contribution is 2.31. The molecule has 2 aromatic rings. The Morgan fingerprint density at radius 1 is 1.26 bits per heavy atom. The molecule has 3 heterocycles. The number of amidine groups is 3. The third kappa shape index (κ3) is 3.43. The number of aliphatic imine (C=N–C) groups is 1. The van der Waals surface area contributed by atoms with E-state index in [1.807, 2.05) is 0 Å². The number of aromatic nitrogens is 1. The molecule has 8 nitrogen and oxygen atoms in total. The molecular weight excluding hydrogens is 441 g/mol. The Kier molecular flexibility index (Phi) is 5.18. The molecule has 0 fully saturated rings. The van der Waals surface area contributed by atoms with E-state index in [0.29, 0.717) is 16.9 Å². The van der Waals surface area contributed by atoms with Gasteiger partial charge in [0.05, 0.1) is 29.0 Å². The summed E-state index contributed by atoms with van der Waals surface area (Å²) in [4.78, 5) is 17.6. The van der Waals surface area contributed by atoms with Crippen molar-refractivity contribution in [3.8, 4) is 5.69 Å². The van der Waals surface area contributed by atoms with E-state index >= 15 is 0 Å². The smallest absolute Gasteiger partial charge is 0.283 e. The van der Waals surface area contributed by atoms with Crippen molar-refractivity contribution in [3.05, 3.63) is 58.7 Å². The van der Waals surface area contributed by atoms with Crippen LogP contribution in [0.4, 0.5) is 4.39 Å². The molecule has 2 aliphatic rings. The van der Waals surface area contributed by atoms with E-state index in [0.717, 1.165) is 22.5 Å². The molecule has 0 atom stereocenters. The Morgan fingerprint density at radius 3 is 2.65 bits per heavy atom. The van der Waals surface area contributed by atoms with Gasteiger partial charge in [0.1, 0.15) is 11.7 Å². The first kappa shape index (κ1) is 21.2. The average molecular weight is 460 g/mol. The highest BCUT2D eigenvalue weighted by atomic mass is 32.2. The van der Waals surface area contributed by atoms with Crippen molar-refractivity contribution in [2.45, 2.75) is 20.8 Å². The first-order valence-corrected chi connectivity index (χ1v) is 11.7. The summed E-state index contributed by atoms with van der Waals surface area (Å²) in [6.45, 7) is 5.06. The minimum atomic E-state index is -3.72. The van der Waals surface area contributed by atoms with Crippen LogP contribution in [0.5, 0.6) is 0 Å². The molecule has 0 aliphatic carbocycles. The van der Waals surface area contributed by atoms with E-state index in [-0.39, 0.29) is 33.3 Å². The van der Waals surface area contributed by atoms with Gasteiger partial charge < -0.3 is 4.57 Å². The van der Waals surface area contributed by atoms with Gasteiger partial charge in [-0.3, -0.25) is 10.2 Å². The summed E-state index contributed by atoms with van der Waals surface area (Å²) in [5, 5.41) is 8.23. The fraction of sp³-hybridized carbons (Fsp3) is 0.200. The first-order chi connectivity index (χ1) is 14.7. The highest BCUT2D eigenvalue weighted by Gasteiger charge is 2.42. The number of halogens is 1. The van der Waals surface area contributed by atoms with E-state index in [9.17, 15) is 17.6 Å².